The van der Waals surface area contributed by atoms with Gasteiger partial charge in [-0.15, -0.1) is 6.58 Å². The number of methoxy groups -OCH3 is 1. The Labute approximate surface area is 107 Å². The van der Waals surface area contributed by atoms with E-state index in [4.69, 9.17) is 4.74 Å². The molecule has 1 amide bonds. The summed E-state index contributed by atoms with van der Waals surface area (Å²) in [6.45, 7) is 6.85. The molecule has 0 aliphatic heterocycles. The van der Waals surface area contributed by atoms with Crippen LogP contribution in [0.3, 0.4) is 0 Å². The molecular weight excluding hydrogens is 230 g/mol. The molecule has 0 saturated carbocycles. The van der Waals surface area contributed by atoms with Crippen LogP contribution in [0.25, 0.3) is 0 Å². The Morgan fingerprint density at radius 1 is 1.56 bits per heavy atom. The smallest absolute Gasteiger partial charge is 0.257 e. The fourth-order valence-corrected chi connectivity index (χ4v) is 1.62. The van der Waals surface area contributed by atoms with Gasteiger partial charge in [-0.05, 0) is 19.1 Å². The number of amides is 1. The van der Waals surface area contributed by atoms with E-state index in [2.05, 4.69) is 6.58 Å². The van der Waals surface area contributed by atoms with Crippen molar-refractivity contribution < 1.29 is 14.6 Å². The molecule has 0 spiro atoms. The van der Waals surface area contributed by atoms with E-state index >= 15 is 0 Å². The number of carbonyl (C=O) groups excluding carboxylic acids is 1. The van der Waals surface area contributed by atoms with E-state index in [1.165, 1.54) is 6.07 Å². The van der Waals surface area contributed by atoms with Crippen LogP contribution in [0.4, 0.5) is 0 Å². The largest absolute Gasteiger partial charge is 0.507 e. The summed E-state index contributed by atoms with van der Waals surface area (Å²) in [5.74, 6) is -0.217. The molecule has 0 heterocycles. The van der Waals surface area contributed by atoms with Crippen molar-refractivity contribution >= 4 is 5.91 Å². The normalized spacial score (nSPS) is 10.1. The molecule has 1 aromatic carbocycles. The number of hydrogen-bond donors (Lipinski definition) is 1. The molecule has 0 radical (unpaired) electrons. The summed E-state index contributed by atoms with van der Waals surface area (Å²) in [5, 5.41) is 9.74. The molecule has 1 rings (SSSR count). The highest BCUT2D eigenvalue weighted by Gasteiger charge is 2.17. The van der Waals surface area contributed by atoms with Crippen molar-refractivity contribution in [1.82, 2.24) is 4.90 Å². The van der Waals surface area contributed by atoms with Crippen LogP contribution in [-0.4, -0.2) is 42.7 Å². The van der Waals surface area contributed by atoms with Crippen LogP contribution >= 0.6 is 0 Å². The molecule has 0 bridgehead atoms. The lowest BCUT2D eigenvalue weighted by atomic mass is 10.1. The lowest BCUT2D eigenvalue weighted by Crippen LogP contribution is -2.34. The third kappa shape index (κ3) is 3.60. The highest BCUT2D eigenvalue weighted by molar-refractivity contribution is 5.97. The molecule has 98 valence electrons. The van der Waals surface area contributed by atoms with Crippen LogP contribution in [0.2, 0.25) is 0 Å². The number of nitrogens with zero attached hydrogens (tertiary/aromatic N) is 1. The van der Waals surface area contributed by atoms with Crippen molar-refractivity contribution in [3.63, 3.8) is 0 Å². The molecule has 4 heteroatoms. The predicted molar refractivity (Wildman–Crippen MR) is 70.8 cm³/mol. The van der Waals surface area contributed by atoms with Gasteiger partial charge in [0.1, 0.15) is 5.75 Å². The Morgan fingerprint density at radius 2 is 2.28 bits per heavy atom. The first-order valence-electron chi connectivity index (χ1n) is 5.79. The number of phenols is 1. The number of aryl methyl sites for hydroxylation is 1. The summed E-state index contributed by atoms with van der Waals surface area (Å²) < 4.78 is 4.97. The van der Waals surface area contributed by atoms with E-state index in [-0.39, 0.29) is 11.7 Å². The SMILES string of the molecule is C=CCN(CCOC)C(=O)c1cc(C)ccc1O. The van der Waals surface area contributed by atoms with Gasteiger partial charge in [-0.25, -0.2) is 0 Å². The summed E-state index contributed by atoms with van der Waals surface area (Å²) in [7, 11) is 1.58. The Bertz CT molecular complexity index is 429. The maximum absolute atomic E-state index is 12.3. The monoisotopic (exact) mass is 249 g/mol. The number of phenolic OH excluding ortho intramolecular Hbond substituents is 1. The van der Waals surface area contributed by atoms with Crippen molar-refractivity contribution in [2.45, 2.75) is 6.92 Å². The molecule has 0 aliphatic rings. The van der Waals surface area contributed by atoms with Gasteiger partial charge in [0.2, 0.25) is 0 Å². The molecule has 0 saturated heterocycles. The molecule has 0 aromatic heterocycles. The molecule has 0 unspecified atom stereocenters. The topological polar surface area (TPSA) is 49.8 Å². The van der Waals surface area contributed by atoms with E-state index in [9.17, 15) is 9.90 Å². The molecule has 0 atom stereocenters. The third-order valence-electron chi connectivity index (χ3n) is 2.58. The van der Waals surface area contributed by atoms with Gasteiger partial charge in [-0.3, -0.25) is 4.79 Å². The van der Waals surface area contributed by atoms with Crippen LogP contribution in [0, 0.1) is 6.92 Å². The Morgan fingerprint density at radius 3 is 2.89 bits per heavy atom. The minimum Gasteiger partial charge on any atom is -0.507 e. The average molecular weight is 249 g/mol. The summed E-state index contributed by atoms with van der Waals surface area (Å²) >= 11 is 0. The minimum absolute atomic E-state index is 0.00270. The van der Waals surface area contributed by atoms with Gasteiger partial charge >= 0.3 is 0 Å². The number of aromatic hydroxyl groups is 1. The van der Waals surface area contributed by atoms with E-state index in [0.717, 1.165) is 5.56 Å². The summed E-state index contributed by atoms with van der Waals surface area (Å²) in [4.78, 5) is 13.9. The second-order valence-corrected chi connectivity index (χ2v) is 4.05. The Kier molecular flexibility index (Phi) is 5.39. The highest BCUT2D eigenvalue weighted by Crippen LogP contribution is 2.20. The molecule has 1 N–H and O–H groups in total. The number of hydrogen-bond acceptors (Lipinski definition) is 3. The van der Waals surface area contributed by atoms with E-state index in [1.807, 2.05) is 6.92 Å². The van der Waals surface area contributed by atoms with E-state index in [1.54, 1.807) is 30.2 Å². The molecule has 0 fully saturated rings. The van der Waals surface area contributed by atoms with Crippen molar-refractivity contribution in [3.05, 3.63) is 42.0 Å². The third-order valence-corrected chi connectivity index (χ3v) is 2.58. The standard InChI is InChI=1S/C14H19NO3/c1-4-7-15(8-9-18-3)14(17)12-10-11(2)5-6-13(12)16/h4-6,10,16H,1,7-9H2,2-3H3. The van der Waals surface area contributed by atoms with E-state index in [0.29, 0.717) is 25.3 Å². The van der Waals surface area contributed by atoms with Crippen molar-refractivity contribution in [1.29, 1.82) is 0 Å². The van der Waals surface area contributed by atoms with E-state index < -0.39 is 0 Å². The van der Waals surface area contributed by atoms with Gasteiger partial charge in [0.15, 0.2) is 0 Å². The first-order valence-corrected chi connectivity index (χ1v) is 5.79. The predicted octanol–water partition coefficient (Wildman–Crippen LogP) is 1.98. The second kappa shape index (κ2) is 6.81. The lowest BCUT2D eigenvalue weighted by molar-refractivity contribution is 0.0715. The summed E-state index contributed by atoms with van der Waals surface area (Å²) in [6, 6.07) is 4.98. The first-order chi connectivity index (χ1) is 8.60. The summed E-state index contributed by atoms with van der Waals surface area (Å²) in [5.41, 5.74) is 1.24. The van der Waals surface area contributed by atoms with Crippen LogP contribution in [0.5, 0.6) is 5.75 Å². The van der Waals surface area contributed by atoms with Crippen LogP contribution in [0.15, 0.2) is 30.9 Å². The van der Waals surface area contributed by atoms with Crippen LogP contribution < -0.4 is 0 Å². The second-order valence-electron chi connectivity index (χ2n) is 4.05. The average Bonchev–Trinajstić information content (AvgIpc) is 2.36. The zero-order valence-electron chi connectivity index (χ0n) is 10.8. The molecule has 1 aromatic rings. The van der Waals surface area contributed by atoms with Crippen molar-refractivity contribution in [3.8, 4) is 5.75 Å². The first kappa shape index (κ1) is 14.3. The van der Waals surface area contributed by atoms with Gasteiger partial charge < -0.3 is 14.7 Å². The number of rotatable bonds is 6. The van der Waals surface area contributed by atoms with Crippen molar-refractivity contribution in [2.75, 3.05) is 26.8 Å². The fraction of sp³-hybridized carbons (Fsp3) is 0.357. The Hall–Kier alpha value is -1.81. The van der Waals surface area contributed by atoms with Crippen molar-refractivity contribution in [2.24, 2.45) is 0 Å². The zero-order valence-corrected chi connectivity index (χ0v) is 10.8. The lowest BCUT2D eigenvalue weighted by Gasteiger charge is -2.21. The number of benzene rings is 1. The maximum Gasteiger partial charge on any atom is 0.257 e. The Balaban J connectivity index is 2.93. The van der Waals surface area contributed by atoms with Crippen LogP contribution in [0.1, 0.15) is 15.9 Å². The number of carbonyl (C=O) groups is 1. The highest BCUT2D eigenvalue weighted by atomic mass is 16.5. The van der Waals surface area contributed by atoms with Gasteiger partial charge in [0.25, 0.3) is 5.91 Å². The zero-order chi connectivity index (χ0) is 13.5. The maximum atomic E-state index is 12.3. The quantitative estimate of drug-likeness (QED) is 0.784. The minimum atomic E-state index is -0.215. The van der Waals surface area contributed by atoms with Gasteiger partial charge in [-0.1, -0.05) is 17.7 Å². The molecule has 0 aliphatic carbocycles. The van der Waals surface area contributed by atoms with Gasteiger partial charge in [-0.2, -0.15) is 0 Å². The molecular formula is C14H19NO3. The molecule has 4 nitrogen and oxygen atoms in total. The van der Waals surface area contributed by atoms with Gasteiger partial charge in [0.05, 0.1) is 12.2 Å². The summed E-state index contributed by atoms with van der Waals surface area (Å²) in [6.07, 6.45) is 1.65. The molecule has 18 heavy (non-hydrogen) atoms. The van der Waals surface area contributed by atoms with Gasteiger partial charge in [0, 0.05) is 20.2 Å². The fourth-order valence-electron chi connectivity index (χ4n) is 1.62. The number of ether oxygens (including phenoxy) is 1. The van der Waals surface area contributed by atoms with Crippen LogP contribution in [-0.2, 0) is 4.74 Å².